The van der Waals surface area contributed by atoms with Crippen LogP contribution in [0.1, 0.15) is 49.1 Å². The Labute approximate surface area is 121 Å². The molecule has 0 bridgehead atoms. The normalized spacial score (nSPS) is 19.8. The molecule has 1 fully saturated rings. The molecular formula is C14H18N2O3S. The van der Waals surface area contributed by atoms with E-state index in [9.17, 15) is 14.7 Å². The third-order valence-corrected chi connectivity index (χ3v) is 5.43. The van der Waals surface area contributed by atoms with E-state index in [1.807, 2.05) is 0 Å². The number of carbonyl (C=O) groups excluding carboxylic acids is 1. The molecule has 3 rings (SSSR count). The first-order valence-electron chi connectivity index (χ1n) is 7.11. The van der Waals surface area contributed by atoms with E-state index in [4.69, 9.17) is 0 Å². The SMILES string of the molecule is O=C(CC1(C(=O)O)CCCC1)Nc1nc2c(s1)CCC2. The van der Waals surface area contributed by atoms with Crippen LogP contribution in [-0.2, 0) is 22.4 Å². The third kappa shape index (κ3) is 2.44. The number of carboxylic acid groups (broad SMARTS) is 1. The first-order valence-corrected chi connectivity index (χ1v) is 7.93. The Morgan fingerprint density at radius 2 is 2.00 bits per heavy atom. The smallest absolute Gasteiger partial charge is 0.310 e. The fourth-order valence-electron chi connectivity index (χ4n) is 3.23. The summed E-state index contributed by atoms with van der Waals surface area (Å²) in [6, 6.07) is 0. The second kappa shape index (κ2) is 5.16. The molecule has 0 aromatic carbocycles. The molecular weight excluding hydrogens is 276 g/mol. The zero-order valence-corrected chi connectivity index (χ0v) is 12.1. The maximum Gasteiger partial charge on any atom is 0.310 e. The molecule has 1 heterocycles. The number of amides is 1. The average molecular weight is 294 g/mol. The highest BCUT2D eigenvalue weighted by Gasteiger charge is 2.43. The van der Waals surface area contributed by atoms with Gasteiger partial charge in [-0.25, -0.2) is 4.98 Å². The largest absolute Gasteiger partial charge is 0.481 e. The topological polar surface area (TPSA) is 79.3 Å². The molecule has 1 aromatic rings. The fourth-order valence-corrected chi connectivity index (χ4v) is 4.30. The first-order chi connectivity index (χ1) is 9.59. The Kier molecular flexibility index (Phi) is 3.50. The summed E-state index contributed by atoms with van der Waals surface area (Å²) >= 11 is 1.53. The molecule has 5 nitrogen and oxygen atoms in total. The number of nitrogens with one attached hydrogen (secondary N) is 1. The monoisotopic (exact) mass is 294 g/mol. The standard InChI is InChI=1S/C14H18N2O3S/c17-11(8-14(12(18)19)6-1-2-7-14)16-13-15-9-4-3-5-10(9)20-13/h1-8H2,(H,18,19)(H,15,16,17). The van der Waals surface area contributed by atoms with Gasteiger partial charge in [-0.2, -0.15) is 0 Å². The number of aromatic nitrogens is 1. The van der Waals surface area contributed by atoms with Crippen LogP contribution < -0.4 is 5.32 Å². The predicted molar refractivity (Wildman–Crippen MR) is 75.9 cm³/mol. The van der Waals surface area contributed by atoms with Gasteiger partial charge in [-0.1, -0.05) is 12.8 Å². The number of aryl methyl sites for hydroxylation is 2. The Bertz CT molecular complexity index is 525. The highest BCUT2D eigenvalue weighted by Crippen LogP contribution is 2.41. The van der Waals surface area contributed by atoms with Gasteiger partial charge in [0.05, 0.1) is 11.1 Å². The molecule has 1 saturated carbocycles. The number of thiazole rings is 1. The van der Waals surface area contributed by atoms with Gasteiger partial charge in [-0.15, -0.1) is 11.3 Å². The summed E-state index contributed by atoms with van der Waals surface area (Å²) in [4.78, 5) is 29.2. The van der Waals surface area contributed by atoms with Gasteiger partial charge < -0.3 is 10.4 Å². The number of fused-ring (bicyclic) bond motifs is 1. The van der Waals surface area contributed by atoms with Crippen LogP contribution in [0, 0.1) is 5.41 Å². The number of hydrogen-bond donors (Lipinski definition) is 2. The summed E-state index contributed by atoms with van der Waals surface area (Å²) in [5.41, 5.74) is 0.239. The quantitative estimate of drug-likeness (QED) is 0.894. The van der Waals surface area contributed by atoms with Crippen LogP contribution >= 0.6 is 11.3 Å². The molecule has 2 aliphatic carbocycles. The van der Waals surface area contributed by atoms with Crippen LogP contribution in [0.25, 0.3) is 0 Å². The number of aliphatic carboxylic acids is 1. The molecule has 0 radical (unpaired) electrons. The minimum Gasteiger partial charge on any atom is -0.481 e. The molecule has 20 heavy (non-hydrogen) atoms. The third-order valence-electron chi connectivity index (χ3n) is 4.36. The van der Waals surface area contributed by atoms with E-state index in [-0.39, 0.29) is 12.3 Å². The van der Waals surface area contributed by atoms with Gasteiger partial charge in [-0.3, -0.25) is 9.59 Å². The number of anilines is 1. The van der Waals surface area contributed by atoms with Gasteiger partial charge in [0.15, 0.2) is 5.13 Å². The lowest BCUT2D eigenvalue weighted by atomic mass is 9.82. The number of hydrogen-bond acceptors (Lipinski definition) is 4. The van der Waals surface area contributed by atoms with E-state index >= 15 is 0 Å². The minimum atomic E-state index is -0.857. The van der Waals surface area contributed by atoms with E-state index in [1.165, 1.54) is 16.2 Å². The Morgan fingerprint density at radius 3 is 2.65 bits per heavy atom. The molecule has 1 aromatic heterocycles. The van der Waals surface area contributed by atoms with Gasteiger partial charge >= 0.3 is 5.97 Å². The lowest BCUT2D eigenvalue weighted by Crippen LogP contribution is -2.32. The number of nitrogens with zero attached hydrogens (tertiary/aromatic N) is 1. The lowest BCUT2D eigenvalue weighted by Gasteiger charge is -2.22. The molecule has 2 aliphatic rings. The molecule has 0 unspecified atom stereocenters. The van der Waals surface area contributed by atoms with Gasteiger partial charge in [-0.05, 0) is 32.1 Å². The highest BCUT2D eigenvalue weighted by atomic mass is 32.1. The molecule has 6 heteroatoms. The van der Waals surface area contributed by atoms with Crippen LogP contribution in [0.15, 0.2) is 0 Å². The molecule has 1 amide bonds. The van der Waals surface area contributed by atoms with E-state index in [0.717, 1.165) is 37.8 Å². The zero-order valence-electron chi connectivity index (χ0n) is 11.3. The maximum atomic E-state index is 12.1. The Morgan fingerprint density at radius 1 is 1.25 bits per heavy atom. The van der Waals surface area contributed by atoms with Crippen molar-refractivity contribution in [3.8, 4) is 0 Å². The van der Waals surface area contributed by atoms with Crippen molar-refractivity contribution in [3.05, 3.63) is 10.6 Å². The maximum absolute atomic E-state index is 12.1. The van der Waals surface area contributed by atoms with Crippen LogP contribution in [-0.4, -0.2) is 22.0 Å². The molecule has 0 atom stereocenters. The second-order valence-corrected chi connectivity index (χ2v) is 6.84. The van der Waals surface area contributed by atoms with Crippen molar-refractivity contribution in [1.29, 1.82) is 0 Å². The van der Waals surface area contributed by atoms with E-state index in [2.05, 4.69) is 10.3 Å². The first kappa shape index (κ1) is 13.5. The number of carbonyl (C=O) groups is 2. The molecule has 0 spiro atoms. The average Bonchev–Trinajstić information content (AvgIpc) is 3.04. The van der Waals surface area contributed by atoms with Crippen LogP contribution in [0.4, 0.5) is 5.13 Å². The second-order valence-electron chi connectivity index (χ2n) is 5.76. The van der Waals surface area contributed by atoms with Crippen molar-refractivity contribution in [1.82, 2.24) is 4.98 Å². The highest BCUT2D eigenvalue weighted by molar-refractivity contribution is 7.15. The summed E-state index contributed by atoms with van der Waals surface area (Å²) in [5, 5.41) is 12.8. The Balaban J connectivity index is 1.65. The van der Waals surface area contributed by atoms with Gasteiger partial charge in [0.1, 0.15) is 0 Å². The van der Waals surface area contributed by atoms with Crippen molar-refractivity contribution in [2.45, 2.75) is 51.4 Å². The van der Waals surface area contributed by atoms with E-state index in [1.54, 1.807) is 0 Å². The van der Waals surface area contributed by atoms with Gasteiger partial charge in [0.2, 0.25) is 5.91 Å². The lowest BCUT2D eigenvalue weighted by molar-refractivity contribution is -0.150. The zero-order chi connectivity index (χ0) is 14.2. The molecule has 108 valence electrons. The van der Waals surface area contributed by atoms with Gasteiger partial charge in [0.25, 0.3) is 0 Å². The summed E-state index contributed by atoms with van der Waals surface area (Å²) in [5.74, 6) is -1.06. The van der Waals surface area contributed by atoms with Crippen molar-refractivity contribution >= 4 is 28.3 Å². The number of carboxylic acids is 1. The Hall–Kier alpha value is -1.43. The molecule has 2 N–H and O–H groups in total. The van der Waals surface area contributed by atoms with Crippen LogP contribution in [0.5, 0.6) is 0 Å². The summed E-state index contributed by atoms with van der Waals surface area (Å²) in [6.45, 7) is 0. The van der Waals surface area contributed by atoms with Crippen molar-refractivity contribution in [2.24, 2.45) is 5.41 Å². The van der Waals surface area contributed by atoms with Crippen LogP contribution in [0.2, 0.25) is 0 Å². The van der Waals surface area contributed by atoms with Crippen molar-refractivity contribution in [2.75, 3.05) is 5.32 Å². The summed E-state index contributed by atoms with van der Waals surface area (Å²) in [6.07, 6.45) is 6.23. The summed E-state index contributed by atoms with van der Waals surface area (Å²) < 4.78 is 0. The van der Waals surface area contributed by atoms with E-state index in [0.29, 0.717) is 18.0 Å². The molecule has 0 saturated heterocycles. The van der Waals surface area contributed by atoms with E-state index < -0.39 is 11.4 Å². The summed E-state index contributed by atoms with van der Waals surface area (Å²) in [7, 11) is 0. The van der Waals surface area contributed by atoms with Crippen molar-refractivity contribution < 1.29 is 14.7 Å². The van der Waals surface area contributed by atoms with Crippen LogP contribution in [0.3, 0.4) is 0 Å². The number of rotatable bonds is 4. The molecule has 0 aliphatic heterocycles. The minimum absolute atomic E-state index is 0.0621. The van der Waals surface area contributed by atoms with Gasteiger partial charge in [0, 0.05) is 11.3 Å². The predicted octanol–water partition coefficient (Wildman–Crippen LogP) is 2.61. The fraction of sp³-hybridized carbons (Fsp3) is 0.643. The van der Waals surface area contributed by atoms with Crippen molar-refractivity contribution in [3.63, 3.8) is 0 Å².